The van der Waals surface area contributed by atoms with Gasteiger partial charge in [-0.2, -0.15) is 11.8 Å². The number of morpholine rings is 1. The monoisotopic (exact) mass is 384 g/mol. The lowest BCUT2D eigenvalue weighted by Crippen LogP contribution is -2.46. The highest BCUT2D eigenvalue weighted by atomic mass is 32.2. The quantitative estimate of drug-likeness (QED) is 0.533. The third-order valence-corrected chi connectivity index (χ3v) is 6.54. The number of ether oxygens (including phenoxy) is 1. The lowest BCUT2D eigenvalue weighted by atomic mass is 10.2. The second-order valence-electron chi connectivity index (χ2n) is 6.72. The summed E-state index contributed by atoms with van der Waals surface area (Å²) in [5.74, 6) is 0.902. The first-order chi connectivity index (χ1) is 12.1. The SMILES string of the molecule is CCNC(=NCC(C)(C)SC)NCC(c1cccs1)N1CCOCC1. The van der Waals surface area contributed by atoms with Gasteiger partial charge in [0.2, 0.25) is 0 Å². The van der Waals surface area contributed by atoms with Gasteiger partial charge in [0.15, 0.2) is 5.96 Å². The van der Waals surface area contributed by atoms with Gasteiger partial charge < -0.3 is 15.4 Å². The first-order valence-corrected chi connectivity index (χ1v) is 11.1. The molecule has 1 saturated heterocycles. The van der Waals surface area contributed by atoms with E-state index in [2.05, 4.69) is 60.1 Å². The van der Waals surface area contributed by atoms with Crippen LogP contribution in [0.2, 0.25) is 0 Å². The number of hydrogen-bond donors (Lipinski definition) is 2. The molecule has 5 nitrogen and oxygen atoms in total. The van der Waals surface area contributed by atoms with Crippen LogP contribution in [0.15, 0.2) is 22.5 Å². The van der Waals surface area contributed by atoms with E-state index < -0.39 is 0 Å². The Bertz CT molecular complexity index is 513. The Balaban J connectivity index is 2.02. The smallest absolute Gasteiger partial charge is 0.191 e. The van der Waals surface area contributed by atoms with Crippen LogP contribution in [-0.2, 0) is 4.74 Å². The predicted molar refractivity (Wildman–Crippen MR) is 111 cm³/mol. The van der Waals surface area contributed by atoms with Crippen LogP contribution in [0.4, 0.5) is 0 Å². The Hall–Kier alpha value is -0.760. The predicted octanol–water partition coefficient (Wildman–Crippen LogP) is 2.82. The lowest BCUT2D eigenvalue weighted by molar-refractivity contribution is 0.0177. The summed E-state index contributed by atoms with van der Waals surface area (Å²) in [6, 6.07) is 4.72. The van der Waals surface area contributed by atoms with Crippen molar-refractivity contribution in [3.8, 4) is 0 Å². The molecule has 7 heteroatoms. The summed E-state index contributed by atoms with van der Waals surface area (Å²) in [6.07, 6.45) is 2.14. The molecule has 25 heavy (non-hydrogen) atoms. The molecular weight excluding hydrogens is 352 g/mol. The minimum absolute atomic E-state index is 0.152. The van der Waals surface area contributed by atoms with Gasteiger partial charge in [-0.1, -0.05) is 6.07 Å². The summed E-state index contributed by atoms with van der Waals surface area (Å²) in [7, 11) is 0. The summed E-state index contributed by atoms with van der Waals surface area (Å²) >= 11 is 3.67. The summed E-state index contributed by atoms with van der Waals surface area (Å²) in [5, 5.41) is 9.09. The van der Waals surface area contributed by atoms with Crippen LogP contribution in [0.1, 0.15) is 31.7 Å². The molecule has 0 spiro atoms. The maximum Gasteiger partial charge on any atom is 0.191 e. The first kappa shape index (κ1) is 20.6. The molecule has 1 atom stereocenters. The number of guanidine groups is 1. The number of nitrogens with one attached hydrogen (secondary N) is 2. The van der Waals surface area contributed by atoms with E-state index in [0.29, 0.717) is 6.04 Å². The second kappa shape index (κ2) is 10.4. The molecule has 0 aromatic carbocycles. The molecule has 1 fully saturated rings. The third kappa shape index (κ3) is 6.81. The second-order valence-corrected chi connectivity index (χ2v) is 9.21. The zero-order valence-electron chi connectivity index (χ0n) is 15.9. The summed E-state index contributed by atoms with van der Waals surface area (Å²) in [6.45, 7) is 12.7. The number of hydrogen-bond acceptors (Lipinski definition) is 5. The van der Waals surface area contributed by atoms with Crippen molar-refractivity contribution in [1.29, 1.82) is 0 Å². The van der Waals surface area contributed by atoms with Gasteiger partial charge in [0, 0.05) is 35.8 Å². The summed E-state index contributed by atoms with van der Waals surface area (Å²) in [4.78, 5) is 8.70. The molecular formula is C18H32N4OS2. The van der Waals surface area contributed by atoms with E-state index in [-0.39, 0.29) is 4.75 Å². The van der Waals surface area contributed by atoms with E-state index in [9.17, 15) is 0 Å². The van der Waals surface area contributed by atoms with Crippen molar-refractivity contribution in [3.63, 3.8) is 0 Å². The van der Waals surface area contributed by atoms with Crippen LogP contribution < -0.4 is 10.6 Å². The number of aliphatic imine (C=N–C) groups is 1. The molecule has 0 saturated carbocycles. The van der Waals surface area contributed by atoms with Crippen LogP contribution in [-0.4, -0.2) is 67.8 Å². The Morgan fingerprint density at radius 3 is 2.76 bits per heavy atom. The van der Waals surface area contributed by atoms with Crippen molar-refractivity contribution in [2.45, 2.75) is 31.6 Å². The Morgan fingerprint density at radius 2 is 2.16 bits per heavy atom. The number of rotatable bonds is 8. The zero-order valence-corrected chi connectivity index (χ0v) is 17.5. The fourth-order valence-electron chi connectivity index (χ4n) is 2.65. The van der Waals surface area contributed by atoms with Crippen LogP contribution in [0.3, 0.4) is 0 Å². The number of nitrogens with zero attached hydrogens (tertiary/aromatic N) is 2. The number of thioether (sulfide) groups is 1. The highest BCUT2D eigenvalue weighted by molar-refractivity contribution is 7.99. The van der Waals surface area contributed by atoms with Crippen LogP contribution in [0.5, 0.6) is 0 Å². The molecule has 1 unspecified atom stereocenters. The van der Waals surface area contributed by atoms with Crippen molar-refractivity contribution in [2.75, 3.05) is 52.2 Å². The fourth-order valence-corrected chi connectivity index (χ4v) is 3.70. The molecule has 1 aromatic rings. The van der Waals surface area contributed by atoms with Crippen LogP contribution >= 0.6 is 23.1 Å². The van der Waals surface area contributed by atoms with Crippen molar-refractivity contribution in [3.05, 3.63) is 22.4 Å². The number of thiophene rings is 1. The van der Waals surface area contributed by atoms with E-state index in [1.165, 1.54) is 4.88 Å². The van der Waals surface area contributed by atoms with Gasteiger partial charge in [-0.3, -0.25) is 9.89 Å². The van der Waals surface area contributed by atoms with Crippen molar-refractivity contribution >= 4 is 29.1 Å². The molecule has 1 aliphatic heterocycles. The van der Waals surface area contributed by atoms with E-state index >= 15 is 0 Å². The zero-order chi connectivity index (χ0) is 18.1. The molecule has 2 heterocycles. The highest BCUT2D eigenvalue weighted by Crippen LogP contribution is 2.25. The topological polar surface area (TPSA) is 48.9 Å². The maximum absolute atomic E-state index is 5.52. The van der Waals surface area contributed by atoms with Crippen molar-refractivity contribution in [2.24, 2.45) is 4.99 Å². The molecule has 142 valence electrons. The Kier molecular flexibility index (Phi) is 8.55. The standard InChI is InChI=1S/C18H32N4OS2/c1-5-19-17(21-14-18(2,3)24-4)20-13-15(16-7-6-12-25-16)22-8-10-23-11-9-22/h6-7,12,15H,5,8-11,13-14H2,1-4H3,(H2,19,20,21). The molecule has 0 radical (unpaired) electrons. The highest BCUT2D eigenvalue weighted by Gasteiger charge is 2.24. The van der Waals surface area contributed by atoms with Gasteiger partial charge in [0.05, 0.1) is 25.8 Å². The van der Waals surface area contributed by atoms with E-state index in [0.717, 1.165) is 51.9 Å². The molecule has 0 amide bonds. The van der Waals surface area contributed by atoms with Gasteiger partial charge in [-0.05, 0) is 38.5 Å². The normalized spacial score (nSPS) is 18.2. The van der Waals surface area contributed by atoms with E-state index in [1.807, 2.05) is 23.1 Å². The van der Waals surface area contributed by atoms with E-state index in [4.69, 9.17) is 9.73 Å². The Labute approximate surface area is 160 Å². The minimum Gasteiger partial charge on any atom is -0.379 e. The average molecular weight is 385 g/mol. The summed E-state index contributed by atoms with van der Waals surface area (Å²) in [5.41, 5.74) is 0. The average Bonchev–Trinajstić information content (AvgIpc) is 3.15. The largest absolute Gasteiger partial charge is 0.379 e. The maximum atomic E-state index is 5.52. The van der Waals surface area contributed by atoms with Crippen LogP contribution in [0, 0.1) is 0 Å². The fraction of sp³-hybridized carbons (Fsp3) is 0.722. The van der Waals surface area contributed by atoms with Gasteiger partial charge in [0.1, 0.15) is 0 Å². The Morgan fingerprint density at radius 1 is 1.40 bits per heavy atom. The van der Waals surface area contributed by atoms with Crippen molar-refractivity contribution in [1.82, 2.24) is 15.5 Å². The molecule has 2 N–H and O–H groups in total. The molecule has 0 aliphatic carbocycles. The van der Waals surface area contributed by atoms with Gasteiger partial charge in [0.25, 0.3) is 0 Å². The molecule has 1 aromatic heterocycles. The van der Waals surface area contributed by atoms with Gasteiger partial charge in [-0.15, -0.1) is 11.3 Å². The molecule has 2 rings (SSSR count). The third-order valence-electron chi connectivity index (χ3n) is 4.34. The minimum atomic E-state index is 0.152. The van der Waals surface area contributed by atoms with Crippen LogP contribution in [0.25, 0.3) is 0 Å². The van der Waals surface area contributed by atoms with Gasteiger partial charge in [-0.25, -0.2) is 0 Å². The first-order valence-electron chi connectivity index (χ1n) is 8.98. The van der Waals surface area contributed by atoms with Gasteiger partial charge >= 0.3 is 0 Å². The van der Waals surface area contributed by atoms with Crippen molar-refractivity contribution < 1.29 is 4.74 Å². The molecule has 0 bridgehead atoms. The summed E-state index contributed by atoms with van der Waals surface area (Å²) < 4.78 is 5.68. The van der Waals surface area contributed by atoms with E-state index in [1.54, 1.807) is 0 Å². The lowest BCUT2D eigenvalue weighted by Gasteiger charge is -2.34. The molecule has 1 aliphatic rings.